The predicted molar refractivity (Wildman–Crippen MR) is 103 cm³/mol. The molecule has 0 aliphatic heterocycles. The van der Waals surface area contributed by atoms with Gasteiger partial charge in [-0.25, -0.2) is 9.98 Å². The van der Waals surface area contributed by atoms with Crippen molar-refractivity contribution in [2.75, 3.05) is 10.6 Å². The van der Waals surface area contributed by atoms with Crippen LogP contribution >= 0.6 is 22.9 Å². The van der Waals surface area contributed by atoms with E-state index in [0.29, 0.717) is 11.0 Å². The van der Waals surface area contributed by atoms with Gasteiger partial charge in [0.05, 0.1) is 16.7 Å². The third-order valence-electron chi connectivity index (χ3n) is 3.06. The monoisotopic (exact) mass is 359 g/mol. The summed E-state index contributed by atoms with van der Waals surface area (Å²) in [5.74, 6) is 0.639. The first-order valence-corrected chi connectivity index (χ1v) is 8.74. The second-order valence-corrected chi connectivity index (χ2v) is 7.57. The van der Waals surface area contributed by atoms with E-state index in [0.717, 1.165) is 21.7 Å². The molecule has 1 aromatic carbocycles. The van der Waals surface area contributed by atoms with E-state index in [9.17, 15) is 0 Å². The fraction of sp³-hybridized carbons (Fsp3) is 0.235. The molecule has 0 saturated heterocycles. The molecular weight excluding hydrogens is 342 g/mol. The van der Waals surface area contributed by atoms with E-state index in [4.69, 9.17) is 16.6 Å². The second kappa shape index (κ2) is 6.75. The molecule has 7 heteroatoms. The molecule has 5 nitrogen and oxygen atoms in total. The summed E-state index contributed by atoms with van der Waals surface area (Å²) in [5.41, 5.74) is 1.50. The summed E-state index contributed by atoms with van der Waals surface area (Å²) < 4.78 is 0. The van der Waals surface area contributed by atoms with Gasteiger partial charge < -0.3 is 10.6 Å². The van der Waals surface area contributed by atoms with Crippen molar-refractivity contribution >= 4 is 50.6 Å². The highest BCUT2D eigenvalue weighted by Gasteiger charge is 2.13. The van der Waals surface area contributed by atoms with Crippen LogP contribution in [-0.4, -0.2) is 21.5 Å². The Morgan fingerprint density at radius 2 is 1.96 bits per heavy atom. The van der Waals surface area contributed by atoms with Crippen molar-refractivity contribution in [3.05, 3.63) is 47.1 Å². The van der Waals surface area contributed by atoms with Crippen LogP contribution in [0.5, 0.6) is 0 Å². The van der Waals surface area contributed by atoms with Crippen molar-refractivity contribution < 1.29 is 0 Å². The molecule has 0 aliphatic carbocycles. The lowest BCUT2D eigenvalue weighted by atomic mass is 10.1. The Hall–Kier alpha value is -2.18. The molecule has 2 aromatic heterocycles. The van der Waals surface area contributed by atoms with Gasteiger partial charge in [0, 0.05) is 28.2 Å². The van der Waals surface area contributed by atoms with Crippen LogP contribution in [0.25, 0.3) is 10.9 Å². The van der Waals surface area contributed by atoms with Crippen molar-refractivity contribution in [1.29, 1.82) is 0 Å². The van der Waals surface area contributed by atoms with Gasteiger partial charge in [0.25, 0.3) is 0 Å². The van der Waals surface area contributed by atoms with E-state index in [1.165, 1.54) is 11.3 Å². The first-order chi connectivity index (χ1) is 11.4. The van der Waals surface area contributed by atoms with Crippen LogP contribution in [0.3, 0.4) is 0 Å². The van der Waals surface area contributed by atoms with E-state index < -0.39 is 0 Å². The zero-order chi connectivity index (χ0) is 17.2. The van der Waals surface area contributed by atoms with Crippen LogP contribution in [0, 0.1) is 0 Å². The average molecular weight is 360 g/mol. The summed E-state index contributed by atoms with van der Waals surface area (Å²) in [4.78, 5) is 13.3. The van der Waals surface area contributed by atoms with Gasteiger partial charge in [-0.2, -0.15) is 0 Å². The summed E-state index contributed by atoms with van der Waals surface area (Å²) in [6, 6.07) is 7.56. The number of rotatable bonds is 2. The van der Waals surface area contributed by atoms with E-state index in [-0.39, 0.29) is 5.54 Å². The molecule has 0 spiro atoms. The van der Waals surface area contributed by atoms with Gasteiger partial charge in [-0.05, 0) is 45.0 Å². The number of guanidine groups is 1. The largest absolute Gasteiger partial charge is 0.325 e. The minimum Gasteiger partial charge on any atom is -0.325 e. The molecule has 3 aromatic rings. The highest BCUT2D eigenvalue weighted by molar-refractivity contribution is 7.13. The summed E-state index contributed by atoms with van der Waals surface area (Å²) in [5, 5.41) is 10.9. The van der Waals surface area contributed by atoms with Gasteiger partial charge in [-0.1, -0.05) is 11.6 Å². The maximum Gasteiger partial charge on any atom is 0.202 e. The molecule has 124 valence electrons. The molecule has 0 unspecified atom stereocenters. The number of pyridine rings is 1. The van der Waals surface area contributed by atoms with Crippen molar-refractivity contribution in [3.8, 4) is 0 Å². The lowest BCUT2D eigenvalue weighted by Gasteiger charge is -2.18. The highest BCUT2D eigenvalue weighted by atomic mass is 35.5. The number of fused-ring (bicyclic) bond motifs is 1. The third kappa shape index (κ3) is 4.21. The molecule has 2 N–H and O–H groups in total. The standard InChI is InChI=1S/C17H18ClN5S/c1-17(2,3)23-15(22-16-20-8-9-24-16)21-13-6-7-19-14-10-11(18)4-5-12(13)14/h4-10H,1-3H3,(H2,19,20,21,22,23). The summed E-state index contributed by atoms with van der Waals surface area (Å²) in [6.45, 7) is 6.13. The molecule has 0 atom stereocenters. The topological polar surface area (TPSA) is 62.2 Å². The van der Waals surface area contributed by atoms with Crippen molar-refractivity contribution in [2.24, 2.45) is 4.99 Å². The fourth-order valence-corrected chi connectivity index (χ4v) is 2.86. The number of benzene rings is 1. The lowest BCUT2D eigenvalue weighted by molar-refractivity contribution is 0.583. The molecule has 0 aliphatic rings. The predicted octanol–water partition coefficient (Wildman–Crippen LogP) is 5.02. The van der Waals surface area contributed by atoms with Crippen LogP contribution < -0.4 is 10.6 Å². The minimum absolute atomic E-state index is 0.237. The molecule has 0 radical (unpaired) electrons. The smallest absolute Gasteiger partial charge is 0.202 e. The zero-order valence-corrected chi connectivity index (χ0v) is 15.2. The molecular formula is C17H18ClN5S. The first-order valence-electron chi connectivity index (χ1n) is 7.48. The van der Waals surface area contributed by atoms with Crippen molar-refractivity contribution in [1.82, 2.24) is 9.97 Å². The Morgan fingerprint density at radius 3 is 2.67 bits per heavy atom. The number of aromatic nitrogens is 2. The number of thiazole rings is 1. The van der Waals surface area contributed by atoms with Gasteiger partial charge in [-0.15, -0.1) is 11.3 Å². The molecule has 0 bridgehead atoms. The maximum atomic E-state index is 6.06. The Balaban J connectivity index is 1.97. The SMILES string of the molecule is CC(C)(C)N=C(Nc1nccs1)Nc1ccnc2cc(Cl)ccc12. The van der Waals surface area contributed by atoms with Crippen molar-refractivity contribution in [2.45, 2.75) is 26.3 Å². The quantitative estimate of drug-likeness (QED) is 0.498. The van der Waals surface area contributed by atoms with Gasteiger partial charge in [0.2, 0.25) is 5.96 Å². The normalized spacial score (nSPS) is 12.4. The van der Waals surface area contributed by atoms with E-state index in [1.807, 2.05) is 50.4 Å². The summed E-state index contributed by atoms with van der Waals surface area (Å²) in [6.07, 6.45) is 3.50. The van der Waals surface area contributed by atoms with E-state index in [2.05, 4.69) is 20.6 Å². The van der Waals surface area contributed by atoms with E-state index in [1.54, 1.807) is 12.4 Å². The van der Waals surface area contributed by atoms with Crippen LogP contribution in [-0.2, 0) is 0 Å². The van der Waals surface area contributed by atoms with E-state index >= 15 is 0 Å². The molecule has 0 fully saturated rings. The van der Waals surface area contributed by atoms with Gasteiger partial charge >= 0.3 is 0 Å². The number of aliphatic imine (C=N–C) groups is 1. The number of hydrogen-bond acceptors (Lipinski definition) is 4. The fourth-order valence-electron chi connectivity index (χ4n) is 2.17. The molecule has 0 saturated carbocycles. The number of nitrogens with zero attached hydrogens (tertiary/aromatic N) is 3. The Bertz CT molecular complexity index is 868. The molecule has 24 heavy (non-hydrogen) atoms. The van der Waals surface area contributed by atoms with Gasteiger partial charge in [0.15, 0.2) is 5.13 Å². The maximum absolute atomic E-state index is 6.06. The van der Waals surface area contributed by atoms with Crippen LogP contribution in [0.2, 0.25) is 5.02 Å². The van der Waals surface area contributed by atoms with Crippen molar-refractivity contribution in [3.63, 3.8) is 0 Å². The summed E-state index contributed by atoms with van der Waals surface area (Å²) >= 11 is 7.58. The second-order valence-electron chi connectivity index (χ2n) is 6.24. The number of anilines is 2. The Kier molecular flexibility index (Phi) is 4.69. The average Bonchev–Trinajstić information content (AvgIpc) is 2.98. The van der Waals surface area contributed by atoms with Crippen LogP contribution in [0.15, 0.2) is 47.0 Å². The number of hydrogen-bond donors (Lipinski definition) is 2. The van der Waals surface area contributed by atoms with Gasteiger partial charge in [0.1, 0.15) is 0 Å². The molecule has 3 rings (SSSR count). The first kappa shape index (κ1) is 16.7. The van der Waals surface area contributed by atoms with Crippen LogP contribution in [0.4, 0.5) is 10.8 Å². The minimum atomic E-state index is -0.237. The summed E-state index contributed by atoms with van der Waals surface area (Å²) in [7, 11) is 0. The molecule has 2 heterocycles. The molecule has 0 amide bonds. The highest BCUT2D eigenvalue weighted by Crippen LogP contribution is 2.25. The number of nitrogens with one attached hydrogen (secondary N) is 2. The van der Waals surface area contributed by atoms with Gasteiger partial charge in [-0.3, -0.25) is 4.98 Å². The lowest BCUT2D eigenvalue weighted by Crippen LogP contribution is -2.27. The third-order valence-corrected chi connectivity index (χ3v) is 3.99. The Morgan fingerprint density at radius 1 is 1.12 bits per heavy atom. The Labute approximate surface area is 149 Å². The zero-order valence-electron chi connectivity index (χ0n) is 13.7. The van der Waals surface area contributed by atoms with Crippen LogP contribution in [0.1, 0.15) is 20.8 Å². The number of halogens is 1.